The summed E-state index contributed by atoms with van der Waals surface area (Å²) in [6.07, 6.45) is 0. The van der Waals surface area contributed by atoms with Gasteiger partial charge in [0.2, 0.25) is 0 Å². The van der Waals surface area contributed by atoms with Gasteiger partial charge in [-0.25, -0.2) is 12.8 Å². The van der Waals surface area contributed by atoms with Crippen molar-refractivity contribution >= 4 is 21.4 Å². The van der Waals surface area contributed by atoms with Gasteiger partial charge in [-0.15, -0.1) is 10.2 Å². The van der Waals surface area contributed by atoms with Crippen LogP contribution >= 0.6 is 0 Å². The Labute approximate surface area is 156 Å². The lowest BCUT2D eigenvalue weighted by Gasteiger charge is -2.08. The molecular formula is C19H16FN3O3S. The van der Waals surface area contributed by atoms with Gasteiger partial charge in [-0.3, -0.25) is 4.79 Å². The molecule has 0 fully saturated rings. The normalized spacial score (nSPS) is 11.2. The maximum atomic E-state index is 13.3. The Hall–Kier alpha value is -3.13. The van der Waals surface area contributed by atoms with Gasteiger partial charge in [-0.05, 0) is 42.5 Å². The smallest absolute Gasteiger partial charge is 0.255 e. The average Bonchev–Trinajstić information content (AvgIpc) is 2.68. The fourth-order valence-electron chi connectivity index (χ4n) is 2.38. The second-order valence-corrected chi connectivity index (χ2v) is 7.93. The van der Waals surface area contributed by atoms with Crippen LogP contribution in [0.4, 0.5) is 10.1 Å². The molecule has 0 aliphatic carbocycles. The zero-order valence-corrected chi connectivity index (χ0v) is 15.2. The fraction of sp³-hybridized carbons (Fsp3) is 0.105. The lowest BCUT2D eigenvalue weighted by Crippen LogP contribution is -2.12. The van der Waals surface area contributed by atoms with Crippen LogP contribution in [0.2, 0.25) is 0 Å². The molecular weight excluding hydrogens is 369 g/mol. The van der Waals surface area contributed by atoms with Crippen LogP contribution in [0.5, 0.6) is 0 Å². The Morgan fingerprint density at radius 3 is 2.48 bits per heavy atom. The zero-order valence-electron chi connectivity index (χ0n) is 14.4. The summed E-state index contributed by atoms with van der Waals surface area (Å²) >= 11 is 0. The van der Waals surface area contributed by atoms with E-state index in [2.05, 4.69) is 15.5 Å². The second-order valence-electron chi connectivity index (χ2n) is 5.71. The lowest BCUT2D eigenvalue weighted by atomic mass is 10.1. The number of carbonyl (C=O) groups is 1. The summed E-state index contributed by atoms with van der Waals surface area (Å²) in [5, 5.41) is 10.4. The minimum atomic E-state index is -3.42. The van der Waals surface area contributed by atoms with Gasteiger partial charge in [0.25, 0.3) is 5.91 Å². The molecule has 0 aliphatic heterocycles. The Morgan fingerprint density at radius 1 is 1.04 bits per heavy atom. The molecule has 0 atom stereocenters. The van der Waals surface area contributed by atoms with Crippen LogP contribution in [0.15, 0.2) is 65.7 Å². The van der Waals surface area contributed by atoms with E-state index in [4.69, 9.17) is 0 Å². The van der Waals surface area contributed by atoms with Gasteiger partial charge < -0.3 is 5.32 Å². The molecule has 2 aromatic carbocycles. The fourth-order valence-corrected chi connectivity index (χ4v) is 3.11. The number of halogens is 1. The average molecular weight is 385 g/mol. The molecule has 27 heavy (non-hydrogen) atoms. The van der Waals surface area contributed by atoms with Crippen molar-refractivity contribution in [3.05, 3.63) is 72.0 Å². The summed E-state index contributed by atoms with van der Waals surface area (Å²) < 4.78 is 36.9. The molecule has 3 aromatic rings. The number of nitrogens with zero attached hydrogens (tertiary/aromatic N) is 2. The number of hydrogen-bond donors (Lipinski definition) is 1. The van der Waals surface area contributed by atoms with Crippen LogP contribution in [0, 0.1) is 5.82 Å². The minimum Gasteiger partial charge on any atom is -0.322 e. The summed E-state index contributed by atoms with van der Waals surface area (Å²) in [6.45, 7) is 1.54. The summed E-state index contributed by atoms with van der Waals surface area (Å²) in [4.78, 5) is 12.2. The van der Waals surface area contributed by atoms with Crippen molar-refractivity contribution in [3.8, 4) is 11.3 Å². The first-order chi connectivity index (χ1) is 12.9. The molecule has 1 heterocycles. The number of hydrogen-bond acceptors (Lipinski definition) is 5. The van der Waals surface area contributed by atoms with E-state index >= 15 is 0 Å². The molecule has 0 saturated heterocycles. The van der Waals surface area contributed by atoms with Crippen LogP contribution in [0.25, 0.3) is 11.3 Å². The predicted octanol–water partition coefficient (Wildman–Crippen LogP) is 3.33. The van der Waals surface area contributed by atoms with E-state index in [1.54, 1.807) is 30.3 Å². The molecule has 0 unspecified atom stereocenters. The largest absolute Gasteiger partial charge is 0.322 e. The molecule has 138 valence electrons. The van der Waals surface area contributed by atoms with Gasteiger partial charge >= 0.3 is 0 Å². The first-order valence-corrected chi connectivity index (χ1v) is 9.78. The third-order valence-corrected chi connectivity index (χ3v) is 5.46. The molecule has 8 heteroatoms. The first kappa shape index (κ1) is 18.7. The topological polar surface area (TPSA) is 89.0 Å². The molecule has 0 radical (unpaired) electrons. The van der Waals surface area contributed by atoms with Gasteiger partial charge in [0, 0.05) is 16.8 Å². The van der Waals surface area contributed by atoms with Crippen LogP contribution in [-0.2, 0) is 9.84 Å². The number of anilines is 1. The van der Waals surface area contributed by atoms with Crippen LogP contribution in [-0.4, -0.2) is 30.3 Å². The van der Waals surface area contributed by atoms with Crippen molar-refractivity contribution in [3.63, 3.8) is 0 Å². The standard InChI is InChI=1S/C19H16FN3O3S/c1-2-27(25,26)18-10-9-17(22-23-18)13-5-4-8-16(12-13)21-19(24)14-6-3-7-15(20)11-14/h3-12H,2H2,1H3,(H,21,24). The van der Waals surface area contributed by atoms with E-state index in [0.29, 0.717) is 16.9 Å². The highest BCUT2D eigenvalue weighted by molar-refractivity contribution is 7.91. The number of benzene rings is 2. The highest BCUT2D eigenvalue weighted by Gasteiger charge is 2.14. The van der Waals surface area contributed by atoms with Crippen LogP contribution in [0.1, 0.15) is 17.3 Å². The van der Waals surface area contributed by atoms with Gasteiger partial charge in [-0.1, -0.05) is 25.1 Å². The summed E-state index contributed by atoms with van der Waals surface area (Å²) in [6, 6.07) is 15.2. The minimum absolute atomic E-state index is 0.0530. The van der Waals surface area contributed by atoms with Crippen molar-refractivity contribution < 1.29 is 17.6 Å². The number of aromatic nitrogens is 2. The Morgan fingerprint density at radius 2 is 1.81 bits per heavy atom. The number of rotatable bonds is 5. The Balaban J connectivity index is 1.82. The first-order valence-electron chi connectivity index (χ1n) is 8.13. The molecule has 0 bridgehead atoms. The third-order valence-electron chi connectivity index (χ3n) is 3.84. The number of amides is 1. The number of carbonyl (C=O) groups excluding carboxylic acids is 1. The molecule has 6 nitrogen and oxygen atoms in total. The van der Waals surface area contributed by atoms with Crippen molar-refractivity contribution in [1.29, 1.82) is 0 Å². The molecule has 0 saturated carbocycles. The van der Waals surface area contributed by atoms with Crippen LogP contribution in [0.3, 0.4) is 0 Å². The van der Waals surface area contributed by atoms with Gasteiger partial charge in [0.15, 0.2) is 14.9 Å². The monoisotopic (exact) mass is 385 g/mol. The molecule has 1 amide bonds. The van der Waals surface area contributed by atoms with Crippen molar-refractivity contribution in [2.24, 2.45) is 0 Å². The Bertz CT molecular complexity index is 1080. The highest BCUT2D eigenvalue weighted by atomic mass is 32.2. The maximum Gasteiger partial charge on any atom is 0.255 e. The van der Waals surface area contributed by atoms with Crippen molar-refractivity contribution in [2.45, 2.75) is 11.9 Å². The molecule has 3 rings (SSSR count). The highest BCUT2D eigenvalue weighted by Crippen LogP contribution is 2.22. The molecule has 1 N–H and O–H groups in total. The Kier molecular flexibility index (Phi) is 5.27. The molecule has 0 aliphatic rings. The predicted molar refractivity (Wildman–Crippen MR) is 99.5 cm³/mol. The van der Waals surface area contributed by atoms with E-state index in [0.717, 1.165) is 6.07 Å². The summed E-state index contributed by atoms with van der Waals surface area (Å²) in [7, 11) is -3.42. The van der Waals surface area contributed by atoms with Gasteiger partial charge in [0.05, 0.1) is 11.4 Å². The van der Waals surface area contributed by atoms with E-state index in [-0.39, 0.29) is 16.3 Å². The quantitative estimate of drug-likeness (QED) is 0.728. The zero-order chi connectivity index (χ0) is 19.4. The van der Waals surface area contributed by atoms with Crippen LogP contribution < -0.4 is 5.32 Å². The molecule has 1 aromatic heterocycles. The maximum absolute atomic E-state index is 13.3. The third kappa shape index (κ3) is 4.35. The lowest BCUT2D eigenvalue weighted by molar-refractivity contribution is 0.102. The van der Waals surface area contributed by atoms with Crippen molar-refractivity contribution in [2.75, 3.05) is 11.1 Å². The summed E-state index contributed by atoms with van der Waals surface area (Å²) in [5.41, 5.74) is 1.81. The number of nitrogens with one attached hydrogen (secondary N) is 1. The van der Waals surface area contributed by atoms with E-state index in [1.807, 2.05) is 0 Å². The second kappa shape index (κ2) is 7.63. The molecule has 0 spiro atoms. The SMILES string of the molecule is CCS(=O)(=O)c1ccc(-c2cccc(NC(=O)c3cccc(F)c3)c2)nn1. The summed E-state index contributed by atoms with van der Waals surface area (Å²) in [5.74, 6) is -0.987. The van der Waals surface area contributed by atoms with Gasteiger partial charge in [-0.2, -0.15) is 0 Å². The van der Waals surface area contributed by atoms with Gasteiger partial charge in [0.1, 0.15) is 5.82 Å². The van der Waals surface area contributed by atoms with E-state index in [1.165, 1.54) is 31.2 Å². The number of sulfone groups is 1. The van der Waals surface area contributed by atoms with E-state index < -0.39 is 21.6 Å². The van der Waals surface area contributed by atoms with Crippen molar-refractivity contribution in [1.82, 2.24) is 10.2 Å². The van der Waals surface area contributed by atoms with E-state index in [9.17, 15) is 17.6 Å².